The topological polar surface area (TPSA) is 88.7 Å². The minimum Gasteiger partial charge on any atom is -0.484 e. The summed E-state index contributed by atoms with van der Waals surface area (Å²) < 4.78 is 24.9. The molecule has 9 heteroatoms. The van der Waals surface area contributed by atoms with Crippen LogP contribution in [0.15, 0.2) is 18.2 Å². The standard InChI is InChI=1S/C27H39ClFN3O4/c28-22-12-11-21(15-23(22)29)35-17-24(33)31-20-9-7-19(8-10-20)26(34)30-16-25-32-27(18-36-25)13-5-3-1-2-4-6-14-27/h11-12,15,19-20,25,32H,1-10,13-14,16-18H2,(H,30,34)(H,31,33)/t19-,20-,25?. The van der Waals surface area contributed by atoms with Gasteiger partial charge in [-0.1, -0.05) is 50.1 Å². The molecule has 2 saturated carbocycles. The smallest absolute Gasteiger partial charge is 0.258 e. The molecule has 7 nitrogen and oxygen atoms in total. The van der Waals surface area contributed by atoms with Crippen LogP contribution < -0.4 is 20.7 Å². The highest BCUT2D eigenvalue weighted by Gasteiger charge is 2.39. The minimum absolute atomic E-state index is 0.00826. The summed E-state index contributed by atoms with van der Waals surface area (Å²) in [6.45, 7) is 1.02. The van der Waals surface area contributed by atoms with Crippen molar-refractivity contribution in [2.24, 2.45) is 5.92 Å². The molecule has 3 aliphatic rings. The zero-order valence-corrected chi connectivity index (χ0v) is 21.7. The summed E-state index contributed by atoms with van der Waals surface area (Å²) in [4.78, 5) is 25.0. The van der Waals surface area contributed by atoms with Gasteiger partial charge in [-0.05, 0) is 50.7 Å². The zero-order chi connectivity index (χ0) is 25.4. The van der Waals surface area contributed by atoms with E-state index in [9.17, 15) is 14.0 Å². The Bertz CT molecular complexity index is 884. The number of hydrogen-bond donors (Lipinski definition) is 3. The molecule has 1 unspecified atom stereocenters. The van der Waals surface area contributed by atoms with E-state index in [-0.39, 0.29) is 52.9 Å². The Kier molecular flexibility index (Phi) is 9.85. The van der Waals surface area contributed by atoms with Crippen LogP contribution in [0.1, 0.15) is 77.0 Å². The highest BCUT2D eigenvalue weighted by molar-refractivity contribution is 6.30. The summed E-state index contributed by atoms with van der Waals surface area (Å²) in [5, 5.41) is 9.74. The molecular formula is C27H39ClFN3O4. The Balaban J connectivity index is 1.12. The Hall–Kier alpha value is -1.90. The van der Waals surface area contributed by atoms with E-state index < -0.39 is 5.82 Å². The molecule has 1 atom stereocenters. The van der Waals surface area contributed by atoms with Gasteiger partial charge in [0.1, 0.15) is 17.8 Å². The maximum atomic E-state index is 13.5. The molecule has 2 amide bonds. The lowest BCUT2D eigenvalue weighted by Crippen LogP contribution is -2.49. The van der Waals surface area contributed by atoms with Crippen LogP contribution in [0.4, 0.5) is 4.39 Å². The van der Waals surface area contributed by atoms with Crippen molar-refractivity contribution in [3.63, 3.8) is 0 Å². The van der Waals surface area contributed by atoms with E-state index in [1.807, 2.05) is 0 Å². The minimum atomic E-state index is -0.587. The number of nitrogens with one attached hydrogen (secondary N) is 3. The summed E-state index contributed by atoms with van der Waals surface area (Å²) in [6.07, 6.45) is 12.8. The van der Waals surface area contributed by atoms with E-state index in [2.05, 4.69) is 16.0 Å². The second-order valence-corrected chi connectivity index (χ2v) is 11.0. The molecule has 2 aliphatic carbocycles. The third-order valence-corrected chi connectivity index (χ3v) is 8.08. The highest BCUT2D eigenvalue weighted by Crippen LogP contribution is 2.30. The van der Waals surface area contributed by atoms with Crippen molar-refractivity contribution in [1.29, 1.82) is 0 Å². The summed E-state index contributed by atoms with van der Waals surface area (Å²) in [5.74, 6) is -0.581. The van der Waals surface area contributed by atoms with Gasteiger partial charge in [0.2, 0.25) is 5.91 Å². The van der Waals surface area contributed by atoms with Crippen molar-refractivity contribution in [2.45, 2.75) is 94.9 Å². The van der Waals surface area contributed by atoms with Gasteiger partial charge in [-0.25, -0.2) is 4.39 Å². The van der Waals surface area contributed by atoms with Gasteiger partial charge in [0, 0.05) is 23.6 Å². The first-order valence-corrected chi connectivity index (χ1v) is 13.8. The van der Waals surface area contributed by atoms with Crippen molar-refractivity contribution in [2.75, 3.05) is 19.8 Å². The first kappa shape index (κ1) is 27.1. The largest absolute Gasteiger partial charge is 0.484 e. The molecule has 1 aromatic carbocycles. The first-order chi connectivity index (χ1) is 17.4. The van der Waals surface area contributed by atoms with Gasteiger partial charge in [-0.15, -0.1) is 0 Å². The van der Waals surface area contributed by atoms with Crippen LogP contribution in [0.25, 0.3) is 0 Å². The van der Waals surface area contributed by atoms with E-state index in [1.165, 1.54) is 50.7 Å². The molecule has 0 radical (unpaired) electrons. The van der Waals surface area contributed by atoms with Crippen molar-refractivity contribution in [1.82, 2.24) is 16.0 Å². The van der Waals surface area contributed by atoms with Crippen LogP contribution in [0, 0.1) is 11.7 Å². The second-order valence-electron chi connectivity index (χ2n) is 10.6. The number of rotatable bonds is 7. The van der Waals surface area contributed by atoms with Crippen molar-refractivity contribution in [3.8, 4) is 5.75 Å². The number of carbonyl (C=O) groups excluding carboxylic acids is 2. The average molecular weight is 524 g/mol. The van der Waals surface area contributed by atoms with Crippen molar-refractivity contribution >= 4 is 23.4 Å². The molecule has 1 heterocycles. The fourth-order valence-corrected chi connectivity index (χ4v) is 5.78. The number of amides is 2. The fraction of sp³-hybridized carbons (Fsp3) is 0.704. The van der Waals surface area contributed by atoms with E-state index in [0.29, 0.717) is 6.54 Å². The van der Waals surface area contributed by atoms with Crippen molar-refractivity contribution in [3.05, 3.63) is 29.0 Å². The van der Waals surface area contributed by atoms with Gasteiger partial charge in [0.25, 0.3) is 5.91 Å². The molecule has 0 bridgehead atoms. The number of ether oxygens (including phenoxy) is 2. The Labute approximate surface area is 218 Å². The molecule has 3 N–H and O–H groups in total. The van der Waals surface area contributed by atoms with Gasteiger partial charge in [0.05, 0.1) is 18.2 Å². The molecule has 1 saturated heterocycles. The monoisotopic (exact) mass is 523 g/mol. The van der Waals surface area contributed by atoms with E-state index >= 15 is 0 Å². The fourth-order valence-electron chi connectivity index (χ4n) is 5.66. The maximum Gasteiger partial charge on any atom is 0.258 e. The number of benzene rings is 1. The summed E-state index contributed by atoms with van der Waals surface area (Å²) in [6, 6.07) is 4.08. The zero-order valence-electron chi connectivity index (χ0n) is 21.0. The number of carbonyl (C=O) groups is 2. The van der Waals surface area contributed by atoms with Crippen LogP contribution in [0.2, 0.25) is 5.02 Å². The van der Waals surface area contributed by atoms with Gasteiger partial charge < -0.3 is 20.1 Å². The van der Waals surface area contributed by atoms with Crippen LogP contribution in [-0.2, 0) is 14.3 Å². The molecule has 1 spiro atoms. The highest BCUT2D eigenvalue weighted by atomic mass is 35.5. The SMILES string of the molecule is O=C(COc1ccc(Cl)c(F)c1)N[C@H]1CC[C@H](C(=O)NCC2NC3(CCCCCCCC3)CO2)CC1. The molecule has 0 aromatic heterocycles. The van der Waals surface area contributed by atoms with E-state index in [4.69, 9.17) is 21.1 Å². The van der Waals surface area contributed by atoms with Crippen LogP contribution in [0.3, 0.4) is 0 Å². The molecule has 200 valence electrons. The Morgan fingerprint density at radius 2 is 1.78 bits per heavy atom. The lowest BCUT2D eigenvalue weighted by Gasteiger charge is -2.29. The van der Waals surface area contributed by atoms with Gasteiger partial charge >= 0.3 is 0 Å². The van der Waals surface area contributed by atoms with E-state index in [1.54, 1.807) is 0 Å². The quantitative estimate of drug-likeness (QED) is 0.491. The van der Waals surface area contributed by atoms with Gasteiger partial charge in [-0.2, -0.15) is 0 Å². The third-order valence-electron chi connectivity index (χ3n) is 7.77. The summed E-state index contributed by atoms with van der Waals surface area (Å²) in [5.41, 5.74) is 0.0709. The summed E-state index contributed by atoms with van der Waals surface area (Å²) >= 11 is 5.66. The van der Waals surface area contributed by atoms with Gasteiger partial charge in [-0.3, -0.25) is 14.9 Å². The molecule has 3 fully saturated rings. The molecule has 36 heavy (non-hydrogen) atoms. The van der Waals surface area contributed by atoms with Crippen LogP contribution in [0.5, 0.6) is 5.75 Å². The molecular weight excluding hydrogens is 485 g/mol. The predicted octanol–water partition coefficient (Wildman–Crippen LogP) is 4.47. The third kappa shape index (κ3) is 7.80. The first-order valence-electron chi connectivity index (χ1n) is 13.5. The predicted molar refractivity (Wildman–Crippen MR) is 136 cm³/mol. The van der Waals surface area contributed by atoms with Crippen LogP contribution in [-0.4, -0.2) is 49.4 Å². The Morgan fingerprint density at radius 3 is 2.47 bits per heavy atom. The maximum absolute atomic E-state index is 13.5. The lowest BCUT2D eigenvalue weighted by molar-refractivity contribution is -0.126. The number of halogens is 2. The summed E-state index contributed by atoms with van der Waals surface area (Å²) in [7, 11) is 0. The molecule has 1 aliphatic heterocycles. The number of hydrogen-bond acceptors (Lipinski definition) is 5. The van der Waals surface area contributed by atoms with Crippen LogP contribution >= 0.6 is 11.6 Å². The molecule has 1 aromatic rings. The second kappa shape index (κ2) is 13.1. The normalized spacial score (nSPS) is 26.4. The Morgan fingerprint density at radius 1 is 1.08 bits per heavy atom. The van der Waals surface area contributed by atoms with Crippen molar-refractivity contribution < 1.29 is 23.5 Å². The van der Waals surface area contributed by atoms with Gasteiger partial charge in [0.15, 0.2) is 6.61 Å². The van der Waals surface area contributed by atoms with E-state index in [0.717, 1.165) is 51.2 Å². The molecule has 4 rings (SSSR count). The lowest BCUT2D eigenvalue weighted by atomic mass is 9.85. The average Bonchev–Trinajstić information content (AvgIpc) is 3.32.